The number of rotatable bonds is 11. The molecule has 2 aromatic carbocycles. The topological polar surface area (TPSA) is 64.6 Å². The molecule has 2 rings (SSSR count). The van der Waals surface area contributed by atoms with Gasteiger partial charge in [-0.3, -0.25) is 0 Å². The molecule has 0 aromatic heterocycles. The van der Waals surface area contributed by atoms with E-state index in [1.807, 2.05) is 0 Å². The van der Waals surface area contributed by atoms with Crippen molar-refractivity contribution in [3.63, 3.8) is 0 Å². The second-order valence-electron chi connectivity index (χ2n) is 5.81. The van der Waals surface area contributed by atoms with Crippen LogP contribution >= 0.6 is 11.8 Å². The third-order valence-electron chi connectivity index (χ3n) is 3.76. The van der Waals surface area contributed by atoms with Crippen molar-refractivity contribution in [3.05, 3.63) is 59.4 Å². The van der Waals surface area contributed by atoms with Crippen LogP contribution in [0, 0.1) is 12.7 Å². The van der Waals surface area contributed by atoms with Gasteiger partial charge in [0.1, 0.15) is 18.2 Å². The molecule has 0 unspecified atom stereocenters. The number of hydrogen-bond donors (Lipinski definition) is 1. The van der Waals surface area contributed by atoms with Crippen molar-refractivity contribution >= 4 is 21.8 Å². The van der Waals surface area contributed by atoms with E-state index in [1.54, 1.807) is 44.4 Å². The van der Waals surface area contributed by atoms with Crippen LogP contribution in [0.1, 0.15) is 11.1 Å². The molecule has 0 spiro atoms. The number of methoxy groups -OCH3 is 1. The van der Waals surface area contributed by atoms with E-state index in [9.17, 15) is 12.8 Å². The Balaban J connectivity index is 1.83. The SMILES string of the molecule is COCCOc1ccc(S(=O)(=O)NCCSCc2ccccc2F)cc1C. The summed E-state index contributed by atoms with van der Waals surface area (Å²) in [5.41, 5.74) is 1.35. The lowest BCUT2D eigenvalue weighted by Crippen LogP contribution is -2.26. The molecule has 0 aliphatic carbocycles. The summed E-state index contributed by atoms with van der Waals surface area (Å²) >= 11 is 1.47. The molecule has 0 saturated carbocycles. The average molecular weight is 414 g/mol. The summed E-state index contributed by atoms with van der Waals surface area (Å²) in [6.45, 7) is 2.94. The number of benzene rings is 2. The predicted molar refractivity (Wildman–Crippen MR) is 106 cm³/mol. The highest BCUT2D eigenvalue weighted by Crippen LogP contribution is 2.22. The standard InChI is InChI=1S/C19H24FNO4S2/c1-15-13-17(7-8-19(15)25-11-10-24-2)27(22,23)21-9-12-26-14-16-5-3-4-6-18(16)20/h3-8,13,21H,9-12,14H2,1-2H3. The molecule has 0 aliphatic rings. The third-order valence-corrected chi connectivity index (χ3v) is 6.22. The number of aryl methyl sites for hydroxylation is 1. The second kappa shape index (κ2) is 10.7. The lowest BCUT2D eigenvalue weighted by molar-refractivity contribution is 0.146. The van der Waals surface area contributed by atoms with Crippen molar-refractivity contribution in [2.24, 2.45) is 0 Å². The molecule has 148 valence electrons. The number of ether oxygens (including phenoxy) is 2. The lowest BCUT2D eigenvalue weighted by Gasteiger charge is -2.11. The molecule has 27 heavy (non-hydrogen) atoms. The Bertz CT molecular complexity index is 843. The van der Waals surface area contributed by atoms with Crippen LogP contribution < -0.4 is 9.46 Å². The molecule has 2 aromatic rings. The maximum Gasteiger partial charge on any atom is 0.240 e. The van der Waals surface area contributed by atoms with E-state index in [-0.39, 0.29) is 17.3 Å². The van der Waals surface area contributed by atoms with Crippen LogP contribution in [0.3, 0.4) is 0 Å². The highest BCUT2D eigenvalue weighted by atomic mass is 32.2. The molecule has 8 heteroatoms. The summed E-state index contributed by atoms with van der Waals surface area (Å²) in [5.74, 6) is 1.44. The van der Waals surface area contributed by atoms with Crippen LogP contribution in [-0.2, 0) is 20.5 Å². The highest BCUT2D eigenvalue weighted by molar-refractivity contribution is 7.98. The van der Waals surface area contributed by atoms with Gasteiger partial charge in [0.15, 0.2) is 0 Å². The zero-order valence-electron chi connectivity index (χ0n) is 15.4. The summed E-state index contributed by atoms with van der Waals surface area (Å²) < 4.78 is 51.4. The first-order valence-electron chi connectivity index (χ1n) is 8.47. The summed E-state index contributed by atoms with van der Waals surface area (Å²) in [6.07, 6.45) is 0. The fourth-order valence-corrected chi connectivity index (χ4v) is 4.41. The molecule has 0 bridgehead atoms. The van der Waals surface area contributed by atoms with Gasteiger partial charge in [0.2, 0.25) is 10.0 Å². The fourth-order valence-electron chi connectivity index (χ4n) is 2.32. The Morgan fingerprint density at radius 3 is 2.63 bits per heavy atom. The van der Waals surface area contributed by atoms with Gasteiger partial charge in [-0.2, -0.15) is 11.8 Å². The molecule has 0 heterocycles. The van der Waals surface area contributed by atoms with Gasteiger partial charge in [-0.15, -0.1) is 0 Å². The van der Waals surface area contributed by atoms with Crippen molar-refractivity contribution in [2.45, 2.75) is 17.6 Å². The molecule has 1 N–H and O–H groups in total. The van der Waals surface area contributed by atoms with E-state index >= 15 is 0 Å². The summed E-state index contributed by atoms with van der Waals surface area (Å²) in [6, 6.07) is 11.3. The Morgan fingerprint density at radius 1 is 1.15 bits per heavy atom. The molecule has 0 atom stereocenters. The summed E-state index contributed by atoms with van der Waals surface area (Å²) in [4.78, 5) is 0.193. The van der Waals surface area contributed by atoms with Gasteiger partial charge in [-0.25, -0.2) is 17.5 Å². The highest BCUT2D eigenvalue weighted by Gasteiger charge is 2.15. The van der Waals surface area contributed by atoms with Crippen molar-refractivity contribution in [1.82, 2.24) is 4.72 Å². The van der Waals surface area contributed by atoms with E-state index in [1.165, 1.54) is 23.9 Å². The molecular weight excluding hydrogens is 389 g/mol. The fraction of sp³-hybridized carbons (Fsp3) is 0.368. The van der Waals surface area contributed by atoms with E-state index in [0.717, 1.165) is 5.56 Å². The van der Waals surface area contributed by atoms with Crippen LogP contribution in [0.2, 0.25) is 0 Å². The Morgan fingerprint density at radius 2 is 1.93 bits per heavy atom. The van der Waals surface area contributed by atoms with Crippen molar-refractivity contribution < 1.29 is 22.3 Å². The van der Waals surface area contributed by atoms with E-state index in [0.29, 0.717) is 36.0 Å². The smallest absolute Gasteiger partial charge is 0.240 e. The second-order valence-corrected chi connectivity index (χ2v) is 8.68. The van der Waals surface area contributed by atoms with Crippen LogP contribution in [0.25, 0.3) is 0 Å². The number of nitrogens with one attached hydrogen (secondary N) is 1. The van der Waals surface area contributed by atoms with Gasteiger partial charge >= 0.3 is 0 Å². The Hall–Kier alpha value is -1.61. The first-order valence-corrected chi connectivity index (χ1v) is 11.1. The minimum absolute atomic E-state index is 0.193. The van der Waals surface area contributed by atoms with Crippen molar-refractivity contribution in [3.8, 4) is 5.75 Å². The van der Waals surface area contributed by atoms with Gasteiger partial charge in [-0.05, 0) is 42.3 Å². The molecule has 0 saturated heterocycles. The summed E-state index contributed by atoms with van der Waals surface area (Å²) in [7, 11) is -2.01. The maximum atomic E-state index is 13.5. The molecule has 5 nitrogen and oxygen atoms in total. The minimum Gasteiger partial charge on any atom is -0.491 e. The Labute approximate surface area is 164 Å². The number of thioether (sulfide) groups is 1. The monoisotopic (exact) mass is 413 g/mol. The number of sulfonamides is 1. The number of halogens is 1. The Kier molecular flexibility index (Phi) is 8.56. The van der Waals surface area contributed by atoms with Crippen molar-refractivity contribution in [1.29, 1.82) is 0 Å². The van der Waals surface area contributed by atoms with Crippen LogP contribution in [0.5, 0.6) is 5.75 Å². The van der Waals surface area contributed by atoms with E-state index < -0.39 is 10.0 Å². The summed E-state index contributed by atoms with van der Waals surface area (Å²) in [5, 5.41) is 0. The molecule has 0 aliphatic heterocycles. The normalized spacial score (nSPS) is 11.5. The van der Waals surface area contributed by atoms with Gasteiger partial charge in [-0.1, -0.05) is 18.2 Å². The molecule has 0 fully saturated rings. The van der Waals surface area contributed by atoms with E-state index in [4.69, 9.17) is 9.47 Å². The molecule has 0 amide bonds. The van der Waals surface area contributed by atoms with Crippen LogP contribution in [-0.4, -0.2) is 41.0 Å². The van der Waals surface area contributed by atoms with Gasteiger partial charge in [0, 0.05) is 25.2 Å². The van der Waals surface area contributed by atoms with Gasteiger partial charge in [0.05, 0.1) is 11.5 Å². The van der Waals surface area contributed by atoms with E-state index in [2.05, 4.69) is 4.72 Å². The first-order chi connectivity index (χ1) is 12.9. The van der Waals surface area contributed by atoms with Crippen molar-refractivity contribution in [2.75, 3.05) is 32.6 Å². The third kappa shape index (κ3) is 6.80. The number of hydrogen-bond acceptors (Lipinski definition) is 5. The largest absolute Gasteiger partial charge is 0.491 e. The lowest BCUT2D eigenvalue weighted by atomic mass is 10.2. The van der Waals surface area contributed by atoms with Crippen LogP contribution in [0.15, 0.2) is 47.4 Å². The maximum absolute atomic E-state index is 13.5. The molecular formula is C19H24FNO4S2. The average Bonchev–Trinajstić information content (AvgIpc) is 2.64. The molecule has 0 radical (unpaired) electrons. The van der Waals surface area contributed by atoms with Crippen LogP contribution in [0.4, 0.5) is 4.39 Å². The predicted octanol–water partition coefficient (Wildman–Crippen LogP) is 3.37. The van der Waals surface area contributed by atoms with Gasteiger partial charge in [0.25, 0.3) is 0 Å². The zero-order chi connectivity index (χ0) is 19.7. The first kappa shape index (κ1) is 21.7. The van der Waals surface area contributed by atoms with Gasteiger partial charge < -0.3 is 9.47 Å². The quantitative estimate of drug-likeness (QED) is 0.572. The minimum atomic E-state index is -3.60. The zero-order valence-corrected chi connectivity index (χ0v) is 17.0.